The van der Waals surface area contributed by atoms with Gasteiger partial charge in [-0.2, -0.15) is 13.2 Å². The molecule has 0 fully saturated rings. The summed E-state index contributed by atoms with van der Waals surface area (Å²) in [4.78, 5) is 0. The molecular weight excluding hydrogens is 540 g/mol. The lowest BCUT2D eigenvalue weighted by atomic mass is 10.1. The van der Waals surface area contributed by atoms with Crippen molar-refractivity contribution in [3.05, 3.63) is 123 Å². The SMILES string of the molecule is Oc1ccc(Oc2ccccc2CC(OCc2cccc(Cl)c2)OCc2ccc(C(F)(F)F)c(Cl)c2)cc1. The molecule has 1 unspecified atom stereocenters. The molecule has 1 N–H and O–H groups in total. The lowest BCUT2D eigenvalue weighted by molar-refractivity contribution is -0.155. The van der Waals surface area contributed by atoms with Crippen molar-refractivity contribution >= 4 is 23.2 Å². The number of hydrogen-bond acceptors (Lipinski definition) is 4. The number of halogens is 5. The second-order valence-corrected chi connectivity index (χ2v) is 9.24. The minimum atomic E-state index is -4.54. The number of aromatic hydroxyl groups is 1. The molecule has 198 valence electrons. The number of benzene rings is 4. The summed E-state index contributed by atoms with van der Waals surface area (Å²) < 4.78 is 57.3. The average molecular weight is 563 g/mol. The van der Waals surface area contributed by atoms with E-state index >= 15 is 0 Å². The maximum absolute atomic E-state index is 13.1. The fraction of sp³-hybridized carbons (Fsp3) is 0.172. The molecule has 1 atom stereocenters. The maximum Gasteiger partial charge on any atom is 0.417 e. The molecule has 0 spiro atoms. The third-order valence-electron chi connectivity index (χ3n) is 5.52. The van der Waals surface area contributed by atoms with Crippen molar-refractivity contribution in [1.29, 1.82) is 0 Å². The van der Waals surface area contributed by atoms with E-state index in [4.69, 9.17) is 37.4 Å². The van der Waals surface area contributed by atoms with Crippen molar-refractivity contribution in [2.75, 3.05) is 0 Å². The molecule has 4 aromatic carbocycles. The molecule has 0 aliphatic heterocycles. The minimum Gasteiger partial charge on any atom is -0.508 e. The second-order valence-electron chi connectivity index (χ2n) is 8.40. The van der Waals surface area contributed by atoms with Crippen LogP contribution < -0.4 is 4.74 Å². The van der Waals surface area contributed by atoms with Crippen LogP contribution in [0.25, 0.3) is 0 Å². The van der Waals surface area contributed by atoms with Crippen LogP contribution in [0.1, 0.15) is 22.3 Å². The minimum absolute atomic E-state index is 0.0287. The van der Waals surface area contributed by atoms with Crippen molar-refractivity contribution in [3.8, 4) is 17.2 Å². The molecule has 0 radical (unpaired) electrons. The van der Waals surface area contributed by atoms with E-state index in [2.05, 4.69) is 0 Å². The van der Waals surface area contributed by atoms with Gasteiger partial charge in [0.2, 0.25) is 0 Å². The zero-order valence-corrected chi connectivity index (χ0v) is 21.4. The molecule has 9 heteroatoms. The summed E-state index contributed by atoms with van der Waals surface area (Å²) in [5.74, 6) is 1.22. The third-order valence-corrected chi connectivity index (χ3v) is 6.07. The summed E-state index contributed by atoms with van der Waals surface area (Å²) in [7, 11) is 0. The first-order chi connectivity index (χ1) is 18.2. The van der Waals surface area contributed by atoms with Crippen LogP contribution in [0.4, 0.5) is 13.2 Å². The number of ether oxygens (including phenoxy) is 3. The Bertz CT molecular complexity index is 1360. The first kappa shape index (κ1) is 27.8. The quantitative estimate of drug-likeness (QED) is 0.196. The molecule has 38 heavy (non-hydrogen) atoms. The van der Waals surface area contributed by atoms with Gasteiger partial charge >= 0.3 is 6.18 Å². The zero-order chi connectivity index (χ0) is 27.1. The van der Waals surface area contributed by atoms with Gasteiger partial charge in [0, 0.05) is 11.4 Å². The molecule has 4 nitrogen and oxygen atoms in total. The Morgan fingerprint density at radius 1 is 0.763 bits per heavy atom. The topological polar surface area (TPSA) is 47.9 Å². The molecule has 0 aromatic heterocycles. The van der Waals surface area contributed by atoms with Crippen LogP contribution in [0.5, 0.6) is 17.2 Å². The Morgan fingerprint density at radius 3 is 2.11 bits per heavy atom. The highest BCUT2D eigenvalue weighted by Gasteiger charge is 2.33. The van der Waals surface area contributed by atoms with Crippen LogP contribution in [-0.2, 0) is 35.3 Å². The van der Waals surface area contributed by atoms with Gasteiger partial charge in [-0.3, -0.25) is 0 Å². The van der Waals surface area contributed by atoms with E-state index in [0.717, 1.165) is 17.2 Å². The molecule has 0 saturated heterocycles. The summed E-state index contributed by atoms with van der Waals surface area (Å²) >= 11 is 12.0. The molecule has 0 aliphatic rings. The first-order valence-electron chi connectivity index (χ1n) is 11.6. The summed E-state index contributed by atoms with van der Waals surface area (Å²) in [6.45, 7) is 0.166. The van der Waals surface area contributed by atoms with Crippen LogP contribution >= 0.6 is 23.2 Å². The van der Waals surface area contributed by atoms with Gasteiger partial charge < -0.3 is 19.3 Å². The van der Waals surface area contributed by atoms with Crippen LogP contribution in [0, 0.1) is 0 Å². The Morgan fingerprint density at radius 2 is 1.45 bits per heavy atom. The number of para-hydroxylation sites is 1. The monoisotopic (exact) mass is 562 g/mol. The third kappa shape index (κ3) is 7.88. The zero-order valence-electron chi connectivity index (χ0n) is 19.9. The van der Waals surface area contributed by atoms with E-state index in [1.54, 1.807) is 30.3 Å². The molecule has 4 aromatic rings. The molecule has 0 aliphatic carbocycles. The second kappa shape index (κ2) is 12.5. The van der Waals surface area contributed by atoms with Crippen molar-refractivity contribution < 1.29 is 32.5 Å². The lowest BCUT2D eigenvalue weighted by Crippen LogP contribution is -2.20. The lowest BCUT2D eigenvalue weighted by Gasteiger charge is -2.21. The van der Waals surface area contributed by atoms with Crippen molar-refractivity contribution in [2.24, 2.45) is 0 Å². The highest BCUT2D eigenvalue weighted by molar-refractivity contribution is 6.31. The highest BCUT2D eigenvalue weighted by Crippen LogP contribution is 2.35. The van der Waals surface area contributed by atoms with Gasteiger partial charge in [0.05, 0.1) is 23.8 Å². The fourth-order valence-electron chi connectivity index (χ4n) is 3.64. The van der Waals surface area contributed by atoms with Crippen molar-refractivity contribution in [3.63, 3.8) is 0 Å². The predicted molar refractivity (Wildman–Crippen MR) is 140 cm³/mol. The van der Waals surface area contributed by atoms with E-state index in [9.17, 15) is 18.3 Å². The molecule has 0 bridgehead atoms. The summed E-state index contributed by atoms with van der Waals surface area (Å²) in [6.07, 6.45) is -5.04. The largest absolute Gasteiger partial charge is 0.508 e. The van der Waals surface area contributed by atoms with Crippen LogP contribution in [0.3, 0.4) is 0 Å². The van der Waals surface area contributed by atoms with Gasteiger partial charge in [-0.15, -0.1) is 0 Å². The summed E-state index contributed by atoms with van der Waals surface area (Å²) in [5, 5.41) is 9.70. The molecule has 4 rings (SSSR count). The Labute approximate surface area is 228 Å². The number of hydrogen-bond donors (Lipinski definition) is 1. The summed E-state index contributed by atoms with van der Waals surface area (Å²) in [6, 6.07) is 24.4. The van der Waals surface area contributed by atoms with E-state index in [-0.39, 0.29) is 25.4 Å². The van der Waals surface area contributed by atoms with E-state index in [1.807, 2.05) is 30.3 Å². The molecule has 0 amide bonds. The Hall–Kier alpha value is -3.23. The average Bonchev–Trinajstić information content (AvgIpc) is 2.87. The van der Waals surface area contributed by atoms with Crippen molar-refractivity contribution in [2.45, 2.75) is 32.1 Å². The smallest absolute Gasteiger partial charge is 0.417 e. The normalized spacial score (nSPS) is 12.3. The van der Waals surface area contributed by atoms with Gasteiger partial charge in [-0.05, 0) is 71.3 Å². The first-order valence-corrected chi connectivity index (χ1v) is 12.3. The van der Waals surface area contributed by atoms with Crippen LogP contribution in [-0.4, -0.2) is 11.4 Å². The van der Waals surface area contributed by atoms with Gasteiger partial charge in [0.25, 0.3) is 0 Å². The highest BCUT2D eigenvalue weighted by atomic mass is 35.5. The molecular formula is C29H23Cl2F3O4. The van der Waals surface area contributed by atoms with Gasteiger partial charge in [-0.25, -0.2) is 0 Å². The predicted octanol–water partition coefficient (Wildman–Crippen LogP) is 8.81. The summed E-state index contributed by atoms with van der Waals surface area (Å²) in [5.41, 5.74) is 1.17. The molecule has 0 saturated carbocycles. The van der Waals surface area contributed by atoms with E-state index in [1.165, 1.54) is 24.3 Å². The number of alkyl halides is 3. The number of phenols is 1. The maximum atomic E-state index is 13.1. The number of rotatable bonds is 10. The van der Waals surface area contributed by atoms with Gasteiger partial charge in [-0.1, -0.05) is 59.6 Å². The Kier molecular flexibility index (Phi) is 9.17. The number of phenolic OH excluding ortho intramolecular Hbond substituents is 1. The molecule has 0 heterocycles. The fourth-order valence-corrected chi connectivity index (χ4v) is 4.17. The van der Waals surface area contributed by atoms with E-state index < -0.39 is 23.1 Å². The van der Waals surface area contributed by atoms with Gasteiger partial charge in [0.1, 0.15) is 17.2 Å². The standard InChI is InChI=1S/C29H23Cl2F3O4/c30-22-6-3-4-19(14-22)17-36-28(37-18-20-8-13-25(26(31)15-20)29(32,33)34)16-21-5-1-2-7-27(21)38-24-11-9-23(35)10-12-24/h1-15,28,35H,16-18H2. The van der Waals surface area contributed by atoms with Gasteiger partial charge in [0.15, 0.2) is 6.29 Å². The van der Waals surface area contributed by atoms with Crippen LogP contribution in [0.15, 0.2) is 91.0 Å². The van der Waals surface area contributed by atoms with Crippen molar-refractivity contribution in [1.82, 2.24) is 0 Å². The van der Waals surface area contributed by atoms with Crippen LogP contribution in [0.2, 0.25) is 10.0 Å². The Balaban J connectivity index is 1.51. The van der Waals surface area contributed by atoms with E-state index in [0.29, 0.717) is 22.1 Å².